The molecule has 0 saturated carbocycles. The van der Waals surface area contributed by atoms with Crippen LogP contribution in [0.2, 0.25) is 0 Å². The molecule has 0 spiro atoms. The van der Waals surface area contributed by atoms with Gasteiger partial charge in [0, 0.05) is 12.2 Å². The van der Waals surface area contributed by atoms with Crippen LogP contribution in [-0.4, -0.2) is 43.0 Å². The second kappa shape index (κ2) is 8.62. The van der Waals surface area contributed by atoms with Crippen LogP contribution in [0.25, 0.3) is 0 Å². The van der Waals surface area contributed by atoms with Crippen molar-refractivity contribution in [2.75, 3.05) is 6.61 Å². The molecule has 7 nitrogen and oxygen atoms in total. The molecule has 1 heterocycles. The number of hydrogen-bond acceptors (Lipinski definition) is 7. The molecule has 0 radical (unpaired) electrons. The third kappa shape index (κ3) is 4.60. The Kier molecular flexibility index (Phi) is 6.75. The highest BCUT2D eigenvalue weighted by molar-refractivity contribution is 5.86. The molecule has 0 aliphatic carbocycles. The summed E-state index contributed by atoms with van der Waals surface area (Å²) in [5.41, 5.74) is 0.532. The molecule has 0 amide bonds. The van der Waals surface area contributed by atoms with Crippen molar-refractivity contribution in [2.24, 2.45) is 0 Å². The summed E-state index contributed by atoms with van der Waals surface area (Å²) in [5, 5.41) is 0. The summed E-state index contributed by atoms with van der Waals surface area (Å²) in [5.74, 6) is -3.09. The van der Waals surface area contributed by atoms with Crippen LogP contribution < -0.4 is 0 Å². The smallest absolute Gasteiger partial charge is 0.339 e. The quantitative estimate of drug-likeness (QED) is 0.686. The molecule has 1 aliphatic heterocycles. The van der Waals surface area contributed by atoms with Crippen LogP contribution >= 0.6 is 0 Å². The Morgan fingerprint density at radius 3 is 1.81 bits per heavy atom. The van der Waals surface area contributed by atoms with E-state index in [0.717, 1.165) is 0 Å². The number of rotatable bonds is 7. The van der Waals surface area contributed by atoms with Crippen LogP contribution in [-0.2, 0) is 39.2 Å². The number of hydrogen-bond donors (Lipinski definition) is 0. The Labute approximate surface area is 153 Å². The summed E-state index contributed by atoms with van der Waals surface area (Å²) in [7, 11) is 0. The predicted octanol–water partition coefficient (Wildman–Crippen LogP) is 2.52. The van der Waals surface area contributed by atoms with Crippen molar-refractivity contribution in [3.63, 3.8) is 0 Å². The predicted molar refractivity (Wildman–Crippen MR) is 91.9 cm³/mol. The van der Waals surface area contributed by atoms with Crippen molar-refractivity contribution >= 4 is 11.9 Å². The van der Waals surface area contributed by atoms with Crippen LogP contribution in [0.3, 0.4) is 0 Å². The maximum atomic E-state index is 12.5. The number of benzene rings is 1. The average Bonchev–Trinajstić information content (AvgIpc) is 2.96. The van der Waals surface area contributed by atoms with E-state index in [1.54, 1.807) is 58.9 Å². The number of carbonyl (C=O) groups is 2. The molecule has 1 aromatic carbocycles. The van der Waals surface area contributed by atoms with Crippen LogP contribution in [0.5, 0.6) is 0 Å². The Morgan fingerprint density at radius 2 is 1.42 bits per heavy atom. The monoisotopic (exact) mass is 366 g/mol. The molecular formula is C19H26O7. The summed E-state index contributed by atoms with van der Waals surface area (Å²) in [4.78, 5) is 25.0. The largest absolute Gasteiger partial charge is 0.461 e. The van der Waals surface area contributed by atoms with Crippen molar-refractivity contribution in [3.05, 3.63) is 35.9 Å². The normalized spacial score (nSPS) is 25.5. The number of ether oxygens (including phenoxy) is 5. The van der Waals surface area contributed by atoms with Crippen molar-refractivity contribution in [1.82, 2.24) is 0 Å². The van der Waals surface area contributed by atoms with Gasteiger partial charge < -0.3 is 23.7 Å². The molecule has 1 aromatic rings. The Balaban J connectivity index is 2.37. The molecule has 2 unspecified atom stereocenters. The maximum absolute atomic E-state index is 12.5. The lowest BCUT2D eigenvalue weighted by atomic mass is 10.2. The van der Waals surface area contributed by atoms with Gasteiger partial charge in [0.1, 0.15) is 0 Å². The number of carbonyl (C=O) groups excluding carboxylic acids is 2. The van der Waals surface area contributed by atoms with Gasteiger partial charge in [0.2, 0.25) is 0 Å². The van der Waals surface area contributed by atoms with E-state index in [9.17, 15) is 9.59 Å². The molecule has 26 heavy (non-hydrogen) atoms. The SMILES string of the molecule is CCOC1(c2ccccc2)OC(C(=O)OC(C)C)C(C(=O)OC(C)C)O1. The van der Waals surface area contributed by atoms with E-state index in [2.05, 4.69) is 0 Å². The number of esters is 2. The summed E-state index contributed by atoms with van der Waals surface area (Å²) >= 11 is 0. The lowest BCUT2D eigenvalue weighted by molar-refractivity contribution is -0.351. The van der Waals surface area contributed by atoms with E-state index in [-0.39, 0.29) is 18.8 Å². The first-order chi connectivity index (χ1) is 12.3. The van der Waals surface area contributed by atoms with E-state index >= 15 is 0 Å². The Morgan fingerprint density at radius 1 is 0.962 bits per heavy atom. The zero-order valence-corrected chi connectivity index (χ0v) is 15.8. The first-order valence-corrected chi connectivity index (χ1v) is 8.75. The maximum Gasteiger partial charge on any atom is 0.339 e. The molecule has 2 rings (SSSR count). The molecular weight excluding hydrogens is 340 g/mol. The summed E-state index contributed by atoms with van der Waals surface area (Å²) in [6.45, 7) is 8.85. The molecule has 1 aliphatic rings. The zero-order chi connectivity index (χ0) is 19.3. The minimum atomic E-state index is -1.68. The van der Waals surface area contributed by atoms with Crippen LogP contribution in [0, 0.1) is 0 Å². The van der Waals surface area contributed by atoms with Crippen molar-refractivity contribution in [1.29, 1.82) is 0 Å². The highest BCUT2D eigenvalue weighted by Gasteiger charge is 2.57. The van der Waals surface area contributed by atoms with E-state index in [1.165, 1.54) is 0 Å². The van der Waals surface area contributed by atoms with Crippen molar-refractivity contribution < 1.29 is 33.3 Å². The Bertz CT molecular complexity index is 582. The molecule has 0 N–H and O–H groups in total. The average molecular weight is 366 g/mol. The van der Waals surface area contributed by atoms with Crippen LogP contribution in [0.15, 0.2) is 30.3 Å². The highest BCUT2D eigenvalue weighted by atomic mass is 16.9. The first-order valence-electron chi connectivity index (χ1n) is 8.75. The third-order valence-electron chi connectivity index (χ3n) is 3.47. The van der Waals surface area contributed by atoms with E-state index in [0.29, 0.717) is 5.56 Å². The minimum Gasteiger partial charge on any atom is -0.461 e. The highest BCUT2D eigenvalue weighted by Crippen LogP contribution is 2.40. The molecule has 2 atom stereocenters. The van der Waals surface area contributed by atoms with E-state index in [1.807, 2.05) is 6.07 Å². The summed E-state index contributed by atoms with van der Waals surface area (Å²) in [6, 6.07) is 8.86. The van der Waals surface area contributed by atoms with Gasteiger partial charge in [-0.2, -0.15) is 0 Å². The van der Waals surface area contributed by atoms with Gasteiger partial charge in [-0.05, 0) is 34.6 Å². The molecule has 1 fully saturated rings. The fourth-order valence-electron chi connectivity index (χ4n) is 2.55. The fourth-order valence-corrected chi connectivity index (χ4v) is 2.55. The lowest BCUT2D eigenvalue weighted by Crippen LogP contribution is -2.40. The van der Waals surface area contributed by atoms with Crippen LogP contribution in [0.1, 0.15) is 40.2 Å². The molecule has 144 valence electrons. The van der Waals surface area contributed by atoms with Gasteiger partial charge in [-0.15, -0.1) is 0 Å². The van der Waals surface area contributed by atoms with Gasteiger partial charge in [-0.1, -0.05) is 30.3 Å². The standard InChI is InChI=1S/C19H26O7/c1-6-22-19(14-10-8-7-9-11-14)25-15(17(20)23-12(2)3)16(26-19)18(21)24-13(4)5/h7-13,15-16H,6H2,1-5H3. The molecule has 7 heteroatoms. The second-order valence-corrected chi connectivity index (χ2v) is 6.40. The van der Waals surface area contributed by atoms with Crippen molar-refractivity contribution in [3.8, 4) is 0 Å². The fraction of sp³-hybridized carbons (Fsp3) is 0.579. The summed E-state index contributed by atoms with van der Waals surface area (Å²) < 4.78 is 27.8. The van der Waals surface area contributed by atoms with Gasteiger partial charge >= 0.3 is 17.9 Å². The van der Waals surface area contributed by atoms with Gasteiger partial charge in [0.15, 0.2) is 12.2 Å². The Hall–Kier alpha value is -1.96. The summed E-state index contributed by atoms with van der Waals surface area (Å²) in [6.07, 6.45) is -3.33. The molecule has 1 saturated heterocycles. The molecule has 0 aromatic heterocycles. The van der Waals surface area contributed by atoms with Gasteiger partial charge in [-0.3, -0.25) is 0 Å². The minimum absolute atomic E-state index is 0.243. The topological polar surface area (TPSA) is 80.3 Å². The first kappa shape index (κ1) is 20.4. The zero-order valence-electron chi connectivity index (χ0n) is 15.8. The van der Waals surface area contributed by atoms with E-state index < -0.39 is 30.1 Å². The van der Waals surface area contributed by atoms with Gasteiger partial charge in [0.05, 0.1) is 12.2 Å². The van der Waals surface area contributed by atoms with E-state index in [4.69, 9.17) is 23.7 Å². The van der Waals surface area contributed by atoms with Gasteiger partial charge in [0.25, 0.3) is 0 Å². The lowest BCUT2D eigenvalue weighted by Gasteiger charge is -2.27. The molecule has 0 bridgehead atoms. The third-order valence-corrected chi connectivity index (χ3v) is 3.47. The second-order valence-electron chi connectivity index (χ2n) is 6.40. The van der Waals surface area contributed by atoms with Gasteiger partial charge in [-0.25, -0.2) is 9.59 Å². The van der Waals surface area contributed by atoms with Crippen molar-refractivity contribution in [2.45, 2.75) is 65.0 Å². The van der Waals surface area contributed by atoms with Crippen LogP contribution in [0.4, 0.5) is 0 Å².